The molecule has 0 atom stereocenters. The number of amides is 1. The van der Waals surface area contributed by atoms with Gasteiger partial charge < -0.3 is 0 Å². The third-order valence-corrected chi connectivity index (χ3v) is 6.05. The minimum Gasteiger partial charge on any atom is -0.271 e. The molecule has 0 fully saturated rings. The summed E-state index contributed by atoms with van der Waals surface area (Å²) in [6, 6.07) is 12.6. The van der Waals surface area contributed by atoms with Gasteiger partial charge in [-0.05, 0) is 23.4 Å². The van der Waals surface area contributed by atoms with Crippen molar-refractivity contribution in [2.24, 2.45) is 5.10 Å². The fraction of sp³-hybridized carbons (Fsp3) is 0.167. The predicted molar refractivity (Wildman–Crippen MR) is 101 cm³/mol. The van der Waals surface area contributed by atoms with Crippen LogP contribution in [0.15, 0.2) is 58.5 Å². The van der Waals surface area contributed by atoms with Crippen molar-refractivity contribution >= 4 is 21.5 Å². The molecule has 29 heavy (non-hydrogen) atoms. The van der Waals surface area contributed by atoms with E-state index >= 15 is 0 Å². The fourth-order valence-electron chi connectivity index (χ4n) is 2.90. The van der Waals surface area contributed by atoms with Crippen LogP contribution in [0.4, 0.5) is 4.39 Å². The van der Waals surface area contributed by atoms with Crippen molar-refractivity contribution in [3.8, 4) is 11.4 Å². The van der Waals surface area contributed by atoms with Crippen LogP contribution in [-0.2, 0) is 21.2 Å². The Morgan fingerprint density at radius 3 is 2.79 bits per heavy atom. The van der Waals surface area contributed by atoms with E-state index in [9.17, 15) is 17.6 Å². The smallest absolute Gasteiger partial charge is 0.263 e. The summed E-state index contributed by atoms with van der Waals surface area (Å²) in [5, 5.41) is 15.9. The number of benzene rings is 2. The molecule has 1 aliphatic heterocycles. The molecule has 1 aliphatic rings. The molecule has 0 saturated heterocycles. The molecule has 1 aromatic heterocycles. The number of sulfone groups is 1. The molecule has 3 aromatic rings. The third kappa shape index (κ3) is 4.04. The maximum Gasteiger partial charge on any atom is 0.263 e. The van der Waals surface area contributed by atoms with Gasteiger partial charge in [-0.2, -0.15) is 9.90 Å². The van der Waals surface area contributed by atoms with Crippen LogP contribution in [0.3, 0.4) is 0 Å². The fourth-order valence-corrected chi connectivity index (χ4v) is 4.37. The Morgan fingerprint density at radius 1 is 1.21 bits per heavy atom. The number of nitrogens with one attached hydrogen (secondary N) is 1. The maximum absolute atomic E-state index is 13.6. The van der Waals surface area contributed by atoms with E-state index in [0.29, 0.717) is 11.5 Å². The van der Waals surface area contributed by atoms with E-state index < -0.39 is 21.6 Å². The van der Waals surface area contributed by atoms with Crippen LogP contribution < -0.4 is 5.43 Å². The number of aromatic nitrogens is 4. The standard InChI is InChI=1S/C18H15FN6O3S/c19-13-6-7-16-14(10-13)15(8-9-29(16,27)28)20-21-17(26)11-25-23-18(22-24-25)12-4-2-1-3-5-12/h1-7,10H,8-9,11H2,(H,21,26)/b20-15+. The second-order valence-corrected chi connectivity index (χ2v) is 8.39. The molecular weight excluding hydrogens is 399 g/mol. The second kappa shape index (κ2) is 7.51. The molecule has 0 unspecified atom stereocenters. The molecule has 1 amide bonds. The predicted octanol–water partition coefficient (Wildman–Crippen LogP) is 1.18. The van der Waals surface area contributed by atoms with Crippen LogP contribution in [0.2, 0.25) is 0 Å². The van der Waals surface area contributed by atoms with Crippen molar-refractivity contribution in [1.82, 2.24) is 25.6 Å². The minimum atomic E-state index is -3.50. The highest BCUT2D eigenvalue weighted by Crippen LogP contribution is 2.26. The number of halogens is 1. The van der Waals surface area contributed by atoms with Crippen molar-refractivity contribution in [1.29, 1.82) is 0 Å². The molecule has 4 rings (SSSR count). The SMILES string of the molecule is O=C(Cn1nnc(-c2ccccc2)n1)N/N=C1\CCS(=O)(=O)c2ccc(F)cc21. The first-order chi connectivity index (χ1) is 13.9. The van der Waals surface area contributed by atoms with Crippen molar-refractivity contribution in [2.75, 3.05) is 5.75 Å². The largest absolute Gasteiger partial charge is 0.271 e. The first-order valence-corrected chi connectivity index (χ1v) is 10.3. The molecule has 9 nitrogen and oxygen atoms in total. The number of tetrazole rings is 1. The molecule has 0 aliphatic carbocycles. The van der Waals surface area contributed by atoms with Gasteiger partial charge in [-0.15, -0.1) is 10.2 Å². The Morgan fingerprint density at radius 2 is 2.00 bits per heavy atom. The zero-order valence-electron chi connectivity index (χ0n) is 15.0. The minimum absolute atomic E-state index is 0.00333. The lowest BCUT2D eigenvalue weighted by molar-refractivity contribution is -0.122. The molecule has 0 saturated carbocycles. The van der Waals surface area contributed by atoms with Crippen LogP contribution >= 0.6 is 0 Å². The van der Waals surface area contributed by atoms with Gasteiger partial charge in [0, 0.05) is 17.5 Å². The summed E-state index contributed by atoms with van der Waals surface area (Å²) in [5.74, 6) is -0.890. The zero-order valence-corrected chi connectivity index (χ0v) is 15.8. The number of hydrogen-bond acceptors (Lipinski definition) is 7. The first kappa shape index (κ1) is 18.9. The van der Waals surface area contributed by atoms with E-state index in [1.807, 2.05) is 30.3 Å². The van der Waals surface area contributed by atoms with Crippen molar-refractivity contribution < 1.29 is 17.6 Å². The molecule has 0 spiro atoms. The van der Waals surface area contributed by atoms with Gasteiger partial charge in [-0.25, -0.2) is 18.2 Å². The van der Waals surface area contributed by atoms with Gasteiger partial charge >= 0.3 is 0 Å². The Labute approximate surface area is 165 Å². The highest BCUT2D eigenvalue weighted by molar-refractivity contribution is 7.91. The second-order valence-electron chi connectivity index (χ2n) is 6.31. The number of nitrogens with zero attached hydrogens (tertiary/aromatic N) is 5. The van der Waals surface area contributed by atoms with E-state index in [-0.39, 0.29) is 29.2 Å². The van der Waals surface area contributed by atoms with E-state index in [2.05, 4.69) is 25.9 Å². The molecule has 148 valence electrons. The van der Waals surface area contributed by atoms with Crippen molar-refractivity contribution in [3.05, 3.63) is 59.9 Å². The summed E-state index contributed by atoms with van der Waals surface area (Å²) in [7, 11) is -3.50. The lowest BCUT2D eigenvalue weighted by Gasteiger charge is -2.18. The third-order valence-electron chi connectivity index (χ3n) is 4.28. The molecule has 1 N–H and O–H groups in total. The summed E-state index contributed by atoms with van der Waals surface area (Å²) in [4.78, 5) is 13.3. The Kier molecular flexibility index (Phi) is 4.89. The molecule has 11 heteroatoms. The van der Waals surface area contributed by atoms with Gasteiger partial charge in [0.05, 0.1) is 16.4 Å². The van der Waals surface area contributed by atoms with Gasteiger partial charge in [0.1, 0.15) is 12.4 Å². The van der Waals surface area contributed by atoms with Gasteiger partial charge in [0.15, 0.2) is 9.84 Å². The number of fused-ring (bicyclic) bond motifs is 1. The van der Waals surface area contributed by atoms with Gasteiger partial charge in [-0.1, -0.05) is 30.3 Å². The Balaban J connectivity index is 1.48. The van der Waals surface area contributed by atoms with Gasteiger partial charge in [0.25, 0.3) is 5.91 Å². The summed E-state index contributed by atoms with van der Waals surface area (Å²) in [5.41, 5.74) is 3.55. The van der Waals surface area contributed by atoms with Crippen molar-refractivity contribution in [3.63, 3.8) is 0 Å². The average Bonchev–Trinajstić information content (AvgIpc) is 3.16. The Bertz CT molecular complexity index is 1210. The Hall–Kier alpha value is -3.47. The highest BCUT2D eigenvalue weighted by Gasteiger charge is 2.28. The summed E-state index contributed by atoms with van der Waals surface area (Å²) < 4.78 is 37.9. The molecule has 0 radical (unpaired) electrons. The molecular formula is C18H15FN6O3S. The maximum atomic E-state index is 13.6. The van der Waals surface area contributed by atoms with E-state index in [1.54, 1.807) is 0 Å². The monoisotopic (exact) mass is 414 g/mol. The number of hydrazone groups is 1. The average molecular weight is 414 g/mol. The quantitative estimate of drug-likeness (QED) is 0.506. The van der Waals surface area contributed by atoms with Crippen LogP contribution in [-0.4, -0.2) is 46.0 Å². The number of carbonyl (C=O) groups excluding carboxylic acids is 1. The van der Waals surface area contributed by atoms with E-state index in [4.69, 9.17) is 0 Å². The number of rotatable bonds is 4. The van der Waals surface area contributed by atoms with Gasteiger partial charge in [-0.3, -0.25) is 4.79 Å². The van der Waals surface area contributed by atoms with Gasteiger partial charge in [0.2, 0.25) is 5.82 Å². The molecule has 0 bridgehead atoms. The van der Waals surface area contributed by atoms with Crippen molar-refractivity contribution in [2.45, 2.75) is 17.9 Å². The normalized spacial score (nSPS) is 16.4. The highest BCUT2D eigenvalue weighted by atomic mass is 32.2. The summed E-state index contributed by atoms with van der Waals surface area (Å²) in [6.07, 6.45) is 0.0683. The number of carbonyl (C=O) groups is 1. The van der Waals surface area contributed by atoms with Crippen LogP contribution in [0.25, 0.3) is 11.4 Å². The first-order valence-electron chi connectivity index (χ1n) is 8.64. The molecule has 2 heterocycles. The van der Waals surface area contributed by atoms with Crippen LogP contribution in [0.5, 0.6) is 0 Å². The van der Waals surface area contributed by atoms with E-state index in [1.165, 1.54) is 6.07 Å². The van der Waals surface area contributed by atoms with Crippen LogP contribution in [0, 0.1) is 5.82 Å². The zero-order chi connectivity index (χ0) is 20.4. The lowest BCUT2D eigenvalue weighted by atomic mass is 10.1. The van der Waals surface area contributed by atoms with Crippen LogP contribution in [0.1, 0.15) is 12.0 Å². The topological polar surface area (TPSA) is 119 Å². The lowest BCUT2D eigenvalue weighted by Crippen LogP contribution is -2.28. The summed E-state index contributed by atoms with van der Waals surface area (Å²) >= 11 is 0. The van der Waals surface area contributed by atoms with E-state index in [0.717, 1.165) is 22.5 Å². The molecule has 2 aromatic carbocycles. The summed E-state index contributed by atoms with van der Waals surface area (Å²) in [6.45, 7) is -0.231. The number of hydrogen-bond donors (Lipinski definition) is 1.